The average molecular weight is 169 g/mol. The van der Waals surface area contributed by atoms with Crippen LogP contribution in [-0.4, -0.2) is 13.1 Å². The predicted molar refractivity (Wildman–Crippen MR) is 42.8 cm³/mol. The van der Waals surface area contributed by atoms with Gasteiger partial charge in [0.2, 0.25) is 0 Å². The molecular formula is C8H8FNO2. The highest BCUT2D eigenvalue weighted by molar-refractivity contribution is 5.90. The van der Waals surface area contributed by atoms with Crippen LogP contribution in [0.2, 0.25) is 0 Å². The Bertz CT molecular complexity index is 312. The topological polar surface area (TPSA) is 52.3 Å². The molecule has 1 aromatic carbocycles. The molecule has 0 aliphatic heterocycles. The first kappa shape index (κ1) is 8.52. The van der Waals surface area contributed by atoms with Crippen molar-refractivity contribution in [3.63, 3.8) is 0 Å². The first-order valence-corrected chi connectivity index (χ1v) is 3.28. The van der Waals surface area contributed by atoms with Crippen LogP contribution in [0.1, 0.15) is 10.4 Å². The summed E-state index contributed by atoms with van der Waals surface area (Å²) in [6, 6.07) is 2.50. The summed E-state index contributed by atoms with van der Waals surface area (Å²) < 4.78 is 16.9. The quantitative estimate of drug-likeness (QED) is 0.537. The van der Waals surface area contributed by atoms with E-state index in [1.807, 2.05) is 0 Å². The molecule has 12 heavy (non-hydrogen) atoms. The minimum Gasteiger partial charge on any atom is -0.495 e. The Balaban J connectivity index is 3.10. The highest BCUT2D eigenvalue weighted by Gasteiger charge is 2.06. The van der Waals surface area contributed by atoms with Gasteiger partial charge in [-0.3, -0.25) is 4.79 Å². The molecule has 0 amide bonds. The SMILES string of the molecule is COc1ccc(C(=O)F)cc1N. The highest BCUT2D eigenvalue weighted by Crippen LogP contribution is 2.21. The van der Waals surface area contributed by atoms with E-state index in [0.29, 0.717) is 5.75 Å². The Morgan fingerprint density at radius 1 is 1.58 bits per heavy atom. The summed E-state index contributed by atoms with van der Waals surface area (Å²) >= 11 is 0. The van der Waals surface area contributed by atoms with Gasteiger partial charge in [-0.2, -0.15) is 4.39 Å². The van der Waals surface area contributed by atoms with Crippen LogP contribution in [0.4, 0.5) is 10.1 Å². The number of carbonyl (C=O) groups excluding carboxylic acids is 1. The minimum atomic E-state index is -1.50. The van der Waals surface area contributed by atoms with Crippen molar-refractivity contribution < 1.29 is 13.9 Å². The Labute approximate surface area is 68.9 Å². The number of nitrogen functional groups attached to an aromatic ring is 1. The third-order valence-electron chi connectivity index (χ3n) is 1.46. The maximum atomic E-state index is 12.1. The maximum absolute atomic E-state index is 12.1. The molecule has 0 fully saturated rings. The lowest BCUT2D eigenvalue weighted by molar-refractivity contribution is 0.0836. The molecule has 0 saturated carbocycles. The van der Waals surface area contributed by atoms with Crippen molar-refractivity contribution >= 4 is 11.7 Å². The van der Waals surface area contributed by atoms with E-state index in [9.17, 15) is 9.18 Å². The van der Waals surface area contributed by atoms with E-state index in [0.717, 1.165) is 0 Å². The van der Waals surface area contributed by atoms with Crippen molar-refractivity contribution in [3.05, 3.63) is 23.8 Å². The van der Waals surface area contributed by atoms with Crippen LogP contribution in [0.25, 0.3) is 0 Å². The number of carbonyl (C=O) groups is 1. The molecule has 0 aromatic heterocycles. The number of rotatable bonds is 2. The molecule has 0 saturated heterocycles. The largest absolute Gasteiger partial charge is 0.495 e. The standard InChI is InChI=1S/C8H8FNO2/c1-12-7-3-2-5(8(9)11)4-6(7)10/h2-4H,10H2,1H3. The van der Waals surface area contributed by atoms with Crippen molar-refractivity contribution in [2.24, 2.45) is 0 Å². The third-order valence-corrected chi connectivity index (χ3v) is 1.46. The number of benzene rings is 1. The molecule has 0 aliphatic rings. The zero-order valence-electron chi connectivity index (χ0n) is 6.50. The maximum Gasteiger partial charge on any atom is 0.332 e. The summed E-state index contributed by atoms with van der Waals surface area (Å²) in [5, 5.41) is 0. The lowest BCUT2D eigenvalue weighted by atomic mass is 10.2. The molecule has 0 radical (unpaired) electrons. The van der Waals surface area contributed by atoms with E-state index in [4.69, 9.17) is 10.5 Å². The first-order valence-electron chi connectivity index (χ1n) is 3.28. The van der Waals surface area contributed by atoms with Crippen molar-refractivity contribution in [2.75, 3.05) is 12.8 Å². The number of hydrogen-bond donors (Lipinski definition) is 1. The van der Waals surface area contributed by atoms with Crippen LogP contribution in [-0.2, 0) is 0 Å². The average Bonchev–Trinajstić information content (AvgIpc) is 2.04. The van der Waals surface area contributed by atoms with Crippen LogP contribution < -0.4 is 10.5 Å². The molecule has 3 nitrogen and oxygen atoms in total. The fraction of sp³-hybridized carbons (Fsp3) is 0.125. The number of ether oxygens (including phenoxy) is 1. The second-order valence-electron chi connectivity index (χ2n) is 2.23. The van der Waals surface area contributed by atoms with E-state index >= 15 is 0 Å². The number of halogens is 1. The van der Waals surface area contributed by atoms with E-state index in [2.05, 4.69) is 0 Å². The van der Waals surface area contributed by atoms with Gasteiger partial charge in [-0.05, 0) is 18.2 Å². The van der Waals surface area contributed by atoms with Gasteiger partial charge in [-0.1, -0.05) is 0 Å². The van der Waals surface area contributed by atoms with Crippen LogP contribution in [0.3, 0.4) is 0 Å². The Morgan fingerprint density at radius 2 is 2.25 bits per heavy atom. The van der Waals surface area contributed by atoms with Crippen molar-refractivity contribution in [3.8, 4) is 5.75 Å². The zero-order valence-corrected chi connectivity index (χ0v) is 6.50. The second kappa shape index (κ2) is 3.21. The molecule has 0 unspecified atom stereocenters. The van der Waals surface area contributed by atoms with Gasteiger partial charge in [0.15, 0.2) is 0 Å². The summed E-state index contributed by atoms with van der Waals surface area (Å²) in [4.78, 5) is 10.2. The Kier molecular flexibility index (Phi) is 2.28. The molecule has 0 atom stereocenters. The van der Waals surface area contributed by atoms with Crippen molar-refractivity contribution in [1.29, 1.82) is 0 Å². The second-order valence-corrected chi connectivity index (χ2v) is 2.23. The molecule has 1 rings (SSSR count). The molecule has 0 aliphatic carbocycles. The molecule has 0 spiro atoms. The van der Waals surface area contributed by atoms with Gasteiger partial charge in [-0.15, -0.1) is 0 Å². The number of nitrogens with two attached hydrogens (primary N) is 1. The van der Waals surface area contributed by atoms with Crippen molar-refractivity contribution in [1.82, 2.24) is 0 Å². The van der Waals surface area contributed by atoms with Crippen LogP contribution in [0, 0.1) is 0 Å². The summed E-state index contributed by atoms with van der Waals surface area (Å²) in [5.41, 5.74) is 5.61. The smallest absolute Gasteiger partial charge is 0.332 e. The molecular weight excluding hydrogens is 161 g/mol. The molecule has 0 bridgehead atoms. The summed E-state index contributed by atoms with van der Waals surface area (Å²) in [6.45, 7) is 0. The number of methoxy groups -OCH3 is 1. The van der Waals surface area contributed by atoms with Gasteiger partial charge < -0.3 is 10.5 Å². The van der Waals surface area contributed by atoms with Gasteiger partial charge in [0, 0.05) is 0 Å². The number of hydrogen-bond acceptors (Lipinski definition) is 3. The zero-order chi connectivity index (χ0) is 9.14. The van der Waals surface area contributed by atoms with E-state index < -0.39 is 6.04 Å². The molecule has 64 valence electrons. The Hall–Kier alpha value is -1.58. The summed E-state index contributed by atoms with van der Waals surface area (Å²) in [6.07, 6.45) is 0. The molecule has 2 N–H and O–H groups in total. The van der Waals surface area contributed by atoms with Crippen LogP contribution in [0.5, 0.6) is 5.75 Å². The summed E-state index contributed by atoms with van der Waals surface area (Å²) in [5.74, 6) is 0.431. The fourth-order valence-electron chi connectivity index (χ4n) is 0.857. The monoisotopic (exact) mass is 169 g/mol. The number of anilines is 1. The van der Waals surface area contributed by atoms with Gasteiger partial charge in [0.1, 0.15) is 5.75 Å². The normalized spacial score (nSPS) is 9.50. The lowest BCUT2D eigenvalue weighted by Gasteiger charge is -2.03. The van der Waals surface area contributed by atoms with E-state index in [-0.39, 0.29) is 11.3 Å². The molecule has 0 heterocycles. The third kappa shape index (κ3) is 1.53. The van der Waals surface area contributed by atoms with E-state index in [1.165, 1.54) is 25.3 Å². The van der Waals surface area contributed by atoms with Gasteiger partial charge >= 0.3 is 6.04 Å². The van der Waals surface area contributed by atoms with Gasteiger partial charge in [0.25, 0.3) is 0 Å². The lowest BCUT2D eigenvalue weighted by Crippen LogP contribution is -1.96. The van der Waals surface area contributed by atoms with Gasteiger partial charge in [-0.25, -0.2) is 0 Å². The fourth-order valence-corrected chi connectivity index (χ4v) is 0.857. The molecule has 4 heteroatoms. The van der Waals surface area contributed by atoms with E-state index in [1.54, 1.807) is 0 Å². The first-order chi connectivity index (χ1) is 5.65. The minimum absolute atomic E-state index is 0.0618. The van der Waals surface area contributed by atoms with Crippen LogP contribution in [0.15, 0.2) is 18.2 Å². The summed E-state index contributed by atoms with van der Waals surface area (Å²) in [7, 11) is 1.45. The molecule has 1 aromatic rings. The van der Waals surface area contributed by atoms with Gasteiger partial charge in [0.05, 0.1) is 18.4 Å². The van der Waals surface area contributed by atoms with Crippen molar-refractivity contribution in [2.45, 2.75) is 0 Å². The highest BCUT2D eigenvalue weighted by atomic mass is 19.1. The predicted octanol–water partition coefficient (Wildman–Crippen LogP) is 1.39. The van der Waals surface area contributed by atoms with Crippen LogP contribution >= 0.6 is 0 Å². The Morgan fingerprint density at radius 3 is 2.67 bits per heavy atom.